The summed E-state index contributed by atoms with van der Waals surface area (Å²) in [5, 5.41) is 6.49. The smallest absolute Gasteiger partial charge is 0.256 e. The van der Waals surface area contributed by atoms with E-state index in [2.05, 4.69) is 20.6 Å². The van der Waals surface area contributed by atoms with Crippen molar-refractivity contribution in [2.75, 3.05) is 20.8 Å². The highest BCUT2D eigenvalue weighted by atomic mass is 19.1. The second-order valence-corrected chi connectivity index (χ2v) is 9.06. The van der Waals surface area contributed by atoms with Gasteiger partial charge in [0.2, 0.25) is 0 Å². The number of hydrogen-bond acceptors (Lipinski definition) is 7. The molecule has 0 saturated carbocycles. The largest absolute Gasteiger partial charge is 0.491 e. The first-order valence-electron chi connectivity index (χ1n) is 11.3. The average Bonchev–Trinajstić information content (AvgIpc) is 2.77. The van der Waals surface area contributed by atoms with Gasteiger partial charge in [0.05, 0.1) is 32.2 Å². The van der Waals surface area contributed by atoms with Gasteiger partial charge in [-0.15, -0.1) is 0 Å². The molecule has 182 valence electrons. The normalized spacial score (nSPS) is 17.4. The molecule has 2 heterocycles. The predicted octanol–water partition coefficient (Wildman–Crippen LogP) is 4.00. The second kappa shape index (κ2) is 11.9. The van der Waals surface area contributed by atoms with Crippen molar-refractivity contribution in [3.63, 3.8) is 0 Å². The first kappa shape index (κ1) is 26.5. The standard InChI is InChI=1S/C25H37FN4O3/c1-16(2)23(31)17(3)22-19(20(27-6)8-10-29-22)15-28-13-18-12-21(32-7)24(30-14-18)33-11-9-25(4,5)26/h8,10,12,14-17,20,27,29H,9,11,13H2,1-7H3. The molecule has 1 aliphatic heterocycles. The van der Waals surface area contributed by atoms with Gasteiger partial charge in [0.15, 0.2) is 5.75 Å². The molecule has 2 unspecified atom stereocenters. The Morgan fingerprint density at radius 2 is 2.12 bits per heavy atom. The molecule has 0 amide bonds. The number of nitrogens with one attached hydrogen (secondary N) is 2. The highest BCUT2D eigenvalue weighted by molar-refractivity contribution is 5.89. The number of carbonyl (C=O) groups excluding carboxylic acids is 1. The molecule has 0 spiro atoms. The third-order valence-electron chi connectivity index (χ3n) is 5.45. The van der Waals surface area contributed by atoms with E-state index < -0.39 is 5.67 Å². The lowest BCUT2D eigenvalue weighted by Gasteiger charge is -2.27. The van der Waals surface area contributed by atoms with Crippen molar-refractivity contribution in [1.29, 1.82) is 0 Å². The van der Waals surface area contributed by atoms with Gasteiger partial charge in [-0.3, -0.25) is 9.79 Å². The van der Waals surface area contributed by atoms with E-state index in [4.69, 9.17) is 9.47 Å². The van der Waals surface area contributed by atoms with E-state index in [1.54, 1.807) is 12.4 Å². The number of ether oxygens (including phenoxy) is 2. The van der Waals surface area contributed by atoms with Gasteiger partial charge < -0.3 is 20.1 Å². The zero-order valence-electron chi connectivity index (χ0n) is 20.7. The molecule has 1 aliphatic rings. The molecule has 1 aromatic rings. The van der Waals surface area contributed by atoms with E-state index in [1.165, 1.54) is 21.0 Å². The number of dihydropyridines is 1. The number of alkyl halides is 1. The van der Waals surface area contributed by atoms with Crippen LogP contribution in [-0.2, 0) is 11.3 Å². The fraction of sp³-hybridized carbons (Fsp3) is 0.560. The molecule has 8 heteroatoms. The van der Waals surface area contributed by atoms with E-state index >= 15 is 0 Å². The van der Waals surface area contributed by atoms with Crippen LogP contribution in [0.15, 0.2) is 40.8 Å². The van der Waals surface area contributed by atoms with Crippen LogP contribution in [0.25, 0.3) is 0 Å². The molecule has 0 bridgehead atoms. The lowest BCUT2D eigenvalue weighted by Crippen LogP contribution is -2.36. The maximum Gasteiger partial charge on any atom is 0.256 e. The molecule has 0 aromatic carbocycles. The van der Waals surface area contributed by atoms with Crippen LogP contribution in [0, 0.1) is 11.8 Å². The van der Waals surface area contributed by atoms with Crippen LogP contribution in [0.2, 0.25) is 0 Å². The Labute approximate surface area is 196 Å². The average molecular weight is 461 g/mol. The van der Waals surface area contributed by atoms with E-state index in [-0.39, 0.29) is 36.7 Å². The number of pyridine rings is 1. The van der Waals surface area contributed by atoms with Crippen LogP contribution in [0.4, 0.5) is 4.39 Å². The first-order chi connectivity index (χ1) is 15.6. The number of methoxy groups -OCH3 is 1. The molecule has 2 rings (SSSR count). The lowest BCUT2D eigenvalue weighted by molar-refractivity contribution is -0.124. The Morgan fingerprint density at radius 3 is 2.73 bits per heavy atom. The number of carbonyl (C=O) groups is 1. The Kier molecular flexibility index (Phi) is 9.58. The van der Waals surface area contributed by atoms with E-state index in [0.717, 1.165) is 16.8 Å². The third kappa shape index (κ3) is 7.67. The van der Waals surface area contributed by atoms with Gasteiger partial charge in [0.25, 0.3) is 5.88 Å². The van der Waals surface area contributed by atoms with Crippen LogP contribution in [0.1, 0.15) is 46.6 Å². The van der Waals surface area contributed by atoms with Crippen molar-refractivity contribution in [2.24, 2.45) is 16.8 Å². The van der Waals surface area contributed by atoms with Crippen LogP contribution in [0.3, 0.4) is 0 Å². The third-order valence-corrected chi connectivity index (χ3v) is 5.45. The molecule has 2 N–H and O–H groups in total. The highest BCUT2D eigenvalue weighted by Crippen LogP contribution is 2.27. The van der Waals surface area contributed by atoms with Crippen molar-refractivity contribution >= 4 is 12.0 Å². The zero-order valence-corrected chi connectivity index (χ0v) is 20.7. The summed E-state index contributed by atoms with van der Waals surface area (Å²) in [6.07, 6.45) is 7.58. The summed E-state index contributed by atoms with van der Waals surface area (Å²) < 4.78 is 24.6. The molecular formula is C25H37FN4O3. The zero-order chi connectivity index (χ0) is 24.6. The van der Waals surface area contributed by atoms with Crippen molar-refractivity contribution in [1.82, 2.24) is 15.6 Å². The van der Waals surface area contributed by atoms with Crippen molar-refractivity contribution in [3.8, 4) is 11.6 Å². The van der Waals surface area contributed by atoms with E-state index in [1.807, 2.05) is 46.2 Å². The van der Waals surface area contributed by atoms with Crippen molar-refractivity contribution in [2.45, 2.75) is 59.3 Å². The quantitative estimate of drug-likeness (QED) is 0.459. The fourth-order valence-corrected chi connectivity index (χ4v) is 3.46. The molecule has 0 aliphatic carbocycles. The summed E-state index contributed by atoms with van der Waals surface area (Å²) in [4.78, 5) is 21.5. The number of aromatic nitrogens is 1. The minimum Gasteiger partial charge on any atom is -0.491 e. The number of ketones is 1. The van der Waals surface area contributed by atoms with Gasteiger partial charge >= 0.3 is 0 Å². The monoisotopic (exact) mass is 460 g/mol. The second-order valence-electron chi connectivity index (χ2n) is 9.06. The van der Waals surface area contributed by atoms with Crippen molar-refractivity contribution < 1.29 is 18.7 Å². The lowest BCUT2D eigenvalue weighted by atomic mass is 9.88. The Bertz CT molecular complexity index is 903. The SMILES string of the molecule is CNC1C=CNC(C(C)C(=O)C(C)C)=C1C=NCc1cnc(OCCC(C)(C)F)c(OC)c1. The van der Waals surface area contributed by atoms with Crippen LogP contribution >= 0.6 is 0 Å². The summed E-state index contributed by atoms with van der Waals surface area (Å²) in [5.74, 6) is 0.666. The number of aliphatic imine (C=N–C) groups is 1. The number of nitrogens with zero attached hydrogens (tertiary/aromatic N) is 2. The van der Waals surface area contributed by atoms with Gasteiger partial charge in [-0.05, 0) is 51.7 Å². The van der Waals surface area contributed by atoms with E-state index in [0.29, 0.717) is 18.2 Å². The molecule has 0 saturated heterocycles. The maximum atomic E-state index is 13.7. The summed E-state index contributed by atoms with van der Waals surface area (Å²) in [6, 6.07) is 1.77. The maximum absolute atomic E-state index is 13.7. The molecule has 1 aromatic heterocycles. The summed E-state index contributed by atoms with van der Waals surface area (Å²) >= 11 is 0. The number of likely N-dealkylation sites (N-methyl/N-ethyl adjacent to an activating group) is 1. The van der Waals surface area contributed by atoms with Crippen LogP contribution in [0.5, 0.6) is 11.6 Å². The molecule has 7 nitrogen and oxygen atoms in total. The van der Waals surface area contributed by atoms with Gasteiger partial charge in [-0.25, -0.2) is 9.37 Å². The van der Waals surface area contributed by atoms with Gasteiger partial charge in [0, 0.05) is 36.0 Å². The van der Waals surface area contributed by atoms with Gasteiger partial charge in [-0.2, -0.15) is 0 Å². The number of Topliss-reactive ketones (excluding diaryl/α,β-unsaturated/α-hetero) is 1. The Morgan fingerprint density at radius 1 is 1.39 bits per heavy atom. The highest BCUT2D eigenvalue weighted by Gasteiger charge is 2.26. The summed E-state index contributed by atoms with van der Waals surface area (Å²) in [6.45, 7) is 9.35. The van der Waals surface area contributed by atoms with Crippen LogP contribution < -0.4 is 20.1 Å². The van der Waals surface area contributed by atoms with Crippen LogP contribution in [-0.4, -0.2) is 49.5 Å². The molecule has 33 heavy (non-hydrogen) atoms. The van der Waals surface area contributed by atoms with E-state index in [9.17, 15) is 9.18 Å². The first-order valence-corrected chi connectivity index (χ1v) is 11.3. The summed E-state index contributed by atoms with van der Waals surface area (Å²) in [7, 11) is 3.41. The van der Waals surface area contributed by atoms with Gasteiger partial charge in [-0.1, -0.05) is 13.8 Å². The molecular weight excluding hydrogens is 423 g/mol. The number of hydrogen-bond donors (Lipinski definition) is 2. The number of halogens is 1. The van der Waals surface area contributed by atoms with Gasteiger partial charge in [0.1, 0.15) is 11.5 Å². The Balaban J connectivity index is 2.17. The minimum atomic E-state index is -1.30. The topological polar surface area (TPSA) is 84.8 Å². The Hall–Kier alpha value is -2.74. The predicted molar refractivity (Wildman–Crippen MR) is 129 cm³/mol. The van der Waals surface area contributed by atoms with Crippen molar-refractivity contribution in [3.05, 3.63) is 41.4 Å². The molecule has 0 fully saturated rings. The number of rotatable bonds is 12. The number of allylic oxidation sites excluding steroid dienone is 1. The summed E-state index contributed by atoms with van der Waals surface area (Å²) in [5.41, 5.74) is 1.32. The molecule has 2 atom stereocenters. The fourth-order valence-electron chi connectivity index (χ4n) is 3.46. The minimum absolute atomic E-state index is 0.0457. The molecule has 0 radical (unpaired) electrons.